The van der Waals surface area contributed by atoms with E-state index < -0.39 is 0 Å². The summed E-state index contributed by atoms with van der Waals surface area (Å²) in [7, 11) is 1.65. The number of carbonyl (C=O) groups excluding carboxylic acids is 1. The number of fused-ring (bicyclic) bond motifs is 3. The Hall–Kier alpha value is -2.12. The minimum Gasteiger partial charge on any atom is -0.341 e. The van der Waals surface area contributed by atoms with Gasteiger partial charge in [-0.25, -0.2) is 9.31 Å². The van der Waals surface area contributed by atoms with E-state index >= 15 is 0 Å². The number of carbonyl (C=O) groups is 1. The number of rotatable bonds is 1. The Morgan fingerprint density at radius 2 is 2.13 bits per heavy atom. The molecule has 6 nitrogen and oxygen atoms in total. The summed E-state index contributed by atoms with van der Waals surface area (Å²) in [4.78, 5) is 20.2. The summed E-state index contributed by atoms with van der Waals surface area (Å²) >= 11 is 7.51. The first-order valence-corrected chi connectivity index (χ1v) is 8.45. The van der Waals surface area contributed by atoms with Gasteiger partial charge in [-0.05, 0) is 24.3 Å². The number of halogens is 1. The Morgan fingerprint density at radius 1 is 1.35 bits per heavy atom. The molecule has 0 bridgehead atoms. The molecule has 0 aliphatic carbocycles. The second-order valence-electron chi connectivity index (χ2n) is 5.34. The van der Waals surface area contributed by atoms with Gasteiger partial charge in [0.2, 0.25) is 4.96 Å². The molecule has 8 heteroatoms. The Labute approximate surface area is 141 Å². The molecule has 1 aliphatic heterocycles. The van der Waals surface area contributed by atoms with Gasteiger partial charge in [-0.3, -0.25) is 0 Å². The molecule has 1 aromatic carbocycles. The van der Waals surface area contributed by atoms with Gasteiger partial charge in [0.05, 0.1) is 12.2 Å². The SMILES string of the molecule is CNC(=O)N1CCc2c(sc3nc(-c4ccc(Cl)cc4)nn23)C1. The number of aromatic nitrogens is 3. The quantitative estimate of drug-likeness (QED) is 0.736. The highest BCUT2D eigenvalue weighted by Gasteiger charge is 2.25. The molecule has 0 atom stereocenters. The lowest BCUT2D eigenvalue weighted by Gasteiger charge is -2.25. The van der Waals surface area contributed by atoms with Crippen LogP contribution in [0.3, 0.4) is 0 Å². The van der Waals surface area contributed by atoms with Gasteiger partial charge in [0.15, 0.2) is 5.82 Å². The second kappa shape index (κ2) is 5.50. The van der Waals surface area contributed by atoms with E-state index in [2.05, 4.69) is 15.4 Å². The summed E-state index contributed by atoms with van der Waals surface area (Å²) in [5, 5.41) is 8.00. The first-order chi connectivity index (χ1) is 11.2. The van der Waals surface area contributed by atoms with Crippen molar-refractivity contribution in [2.45, 2.75) is 13.0 Å². The van der Waals surface area contributed by atoms with Gasteiger partial charge in [0.1, 0.15) is 0 Å². The molecule has 1 aliphatic rings. The van der Waals surface area contributed by atoms with Crippen LogP contribution in [0.4, 0.5) is 4.79 Å². The molecule has 0 radical (unpaired) electrons. The van der Waals surface area contributed by atoms with Gasteiger partial charge in [0, 0.05) is 35.5 Å². The fraction of sp³-hybridized carbons (Fsp3) is 0.267. The number of amides is 2. The Morgan fingerprint density at radius 3 is 2.87 bits per heavy atom. The van der Waals surface area contributed by atoms with E-state index in [0.29, 0.717) is 23.9 Å². The van der Waals surface area contributed by atoms with Gasteiger partial charge in [0.25, 0.3) is 0 Å². The van der Waals surface area contributed by atoms with E-state index in [1.165, 1.54) is 0 Å². The molecule has 3 aromatic rings. The van der Waals surface area contributed by atoms with Crippen LogP contribution in [-0.2, 0) is 13.0 Å². The van der Waals surface area contributed by atoms with Crippen LogP contribution < -0.4 is 5.32 Å². The third kappa shape index (κ3) is 2.46. The van der Waals surface area contributed by atoms with E-state index in [0.717, 1.165) is 27.5 Å². The first-order valence-electron chi connectivity index (χ1n) is 7.25. The molecule has 118 valence electrons. The number of hydrogen-bond donors (Lipinski definition) is 1. The highest BCUT2D eigenvalue weighted by molar-refractivity contribution is 7.17. The van der Waals surface area contributed by atoms with E-state index in [4.69, 9.17) is 11.6 Å². The predicted molar refractivity (Wildman–Crippen MR) is 89.9 cm³/mol. The zero-order chi connectivity index (χ0) is 16.0. The highest BCUT2D eigenvalue weighted by Crippen LogP contribution is 2.29. The molecular formula is C15H14ClN5OS. The van der Waals surface area contributed by atoms with E-state index in [1.54, 1.807) is 23.3 Å². The monoisotopic (exact) mass is 347 g/mol. The zero-order valence-corrected chi connectivity index (χ0v) is 14.0. The van der Waals surface area contributed by atoms with Gasteiger partial charge in [-0.15, -0.1) is 5.10 Å². The maximum atomic E-state index is 11.8. The van der Waals surface area contributed by atoms with Gasteiger partial charge in [-0.1, -0.05) is 22.9 Å². The molecule has 4 rings (SSSR count). The van der Waals surface area contributed by atoms with Crippen LogP contribution in [0.25, 0.3) is 16.3 Å². The van der Waals surface area contributed by atoms with Crippen molar-refractivity contribution < 1.29 is 4.79 Å². The maximum Gasteiger partial charge on any atom is 0.317 e. The lowest BCUT2D eigenvalue weighted by Crippen LogP contribution is -2.41. The Kier molecular flexibility index (Phi) is 3.46. The maximum absolute atomic E-state index is 11.8. The van der Waals surface area contributed by atoms with Crippen LogP contribution in [0.15, 0.2) is 24.3 Å². The van der Waals surface area contributed by atoms with Gasteiger partial charge >= 0.3 is 6.03 Å². The van der Waals surface area contributed by atoms with Crippen molar-refractivity contribution in [1.29, 1.82) is 0 Å². The average molecular weight is 348 g/mol. The van der Waals surface area contributed by atoms with E-state index in [-0.39, 0.29) is 6.03 Å². The predicted octanol–water partition coefficient (Wildman–Crippen LogP) is 2.81. The number of thiazole rings is 1. The summed E-state index contributed by atoms with van der Waals surface area (Å²) in [6.45, 7) is 1.30. The molecular weight excluding hydrogens is 334 g/mol. The van der Waals surface area contributed by atoms with Crippen LogP contribution in [0.5, 0.6) is 0 Å². The van der Waals surface area contributed by atoms with Gasteiger partial charge in [-0.2, -0.15) is 4.98 Å². The fourth-order valence-corrected chi connectivity index (χ4v) is 3.98. The number of hydrogen-bond acceptors (Lipinski definition) is 4. The van der Waals surface area contributed by atoms with Crippen LogP contribution in [0.2, 0.25) is 5.02 Å². The minimum atomic E-state index is -0.0449. The summed E-state index contributed by atoms with van der Waals surface area (Å²) in [6, 6.07) is 7.46. The molecule has 2 aromatic heterocycles. The van der Waals surface area contributed by atoms with Gasteiger partial charge < -0.3 is 10.2 Å². The summed E-state index contributed by atoms with van der Waals surface area (Å²) in [5.41, 5.74) is 2.10. The lowest BCUT2D eigenvalue weighted by molar-refractivity contribution is 0.195. The molecule has 0 saturated heterocycles. The van der Waals surface area contributed by atoms with Crippen LogP contribution in [0.1, 0.15) is 10.6 Å². The zero-order valence-electron chi connectivity index (χ0n) is 12.4. The van der Waals surface area contributed by atoms with Crippen molar-refractivity contribution in [3.8, 4) is 11.4 Å². The highest BCUT2D eigenvalue weighted by atomic mass is 35.5. The van der Waals surface area contributed by atoms with Crippen molar-refractivity contribution in [2.24, 2.45) is 0 Å². The Bertz CT molecular complexity index is 885. The van der Waals surface area contributed by atoms with Crippen molar-refractivity contribution in [3.05, 3.63) is 39.9 Å². The summed E-state index contributed by atoms with van der Waals surface area (Å²) < 4.78 is 1.91. The smallest absolute Gasteiger partial charge is 0.317 e. The van der Waals surface area contributed by atoms with Crippen LogP contribution in [-0.4, -0.2) is 39.1 Å². The standard InChI is InChI=1S/C15H14ClN5OS/c1-17-14(22)20-7-6-11-12(8-20)23-15-18-13(19-21(11)15)9-2-4-10(16)5-3-9/h2-5H,6-8H2,1H3,(H,17,22). The fourth-order valence-electron chi connectivity index (χ4n) is 2.74. The summed E-state index contributed by atoms with van der Waals surface area (Å²) in [5.74, 6) is 0.699. The van der Waals surface area contributed by atoms with Crippen LogP contribution in [0, 0.1) is 0 Å². The summed E-state index contributed by atoms with van der Waals surface area (Å²) in [6.07, 6.45) is 0.784. The molecule has 3 heterocycles. The first kappa shape index (κ1) is 14.5. The molecule has 0 fully saturated rings. The molecule has 0 unspecified atom stereocenters. The van der Waals surface area contributed by atoms with E-state index in [1.807, 2.05) is 28.8 Å². The largest absolute Gasteiger partial charge is 0.341 e. The topological polar surface area (TPSA) is 62.5 Å². The molecule has 0 spiro atoms. The minimum absolute atomic E-state index is 0.0449. The third-order valence-electron chi connectivity index (χ3n) is 3.93. The average Bonchev–Trinajstić information content (AvgIpc) is 3.11. The molecule has 0 saturated carbocycles. The number of nitrogens with one attached hydrogen (secondary N) is 1. The molecule has 23 heavy (non-hydrogen) atoms. The normalized spacial score (nSPS) is 14.1. The second-order valence-corrected chi connectivity index (χ2v) is 6.83. The van der Waals surface area contributed by atoms with Crippen molar-refractivity contribution >= 4 is 33.9 Å². The molecule has 1 N–H and O–H groups in total. The molecule has 2 amide bonds. The van der Waals surface area contributed by atoms with Crippen molar-refractivity contribution in [1.82, 2.24) is 24.8 Å². The number of urea groups is 1. The number of benzene rings is 1. The Balaban J connectivity index is 1.69. The van der Waals surface area contributed by atoms with Crippen LogP contribution >= 0.6 is 22.9 Å². The lowest BCUT2D eigenvalue weighted by atomic mass is 10.2. The van der Waals surface area contributed by atoms with Crippen molar-refractivity contribution in [2.75, 3.05) is 13.6 Å². The third-order valence-corrected chi connectivity index (χ3v) is 5.24. The number of nitrogens with zero attached hydrogens (tertiary/aromatic N) is 4. The van der Waals surface area contributed by atoms with Crippen molar-refractivity contribution in [3.63, 3.8) is 0 Å². The van der Waals surface area contributed by atoms with E-state index in [9.17, 15) is 4.79 Å².